The molecule has 2 aromatic carbocycles. The van der Waals surface area contributed by atoms with Crippen molar-refractivity contribution in [1.82, 2.24) is 24.8 Å². The Labute approximate surface area is 239 Å². The molecule has 12 heteroatoms. The van der Waals surface area contributed by atoms with Gasteiger partial charge in [0, 0.05) is 30.1 Å². The van der Waals surface area contributed by atoms with Crippen LogP contribution in [0.5, 0.6) is 0 Å². The van der Waals surface area contributed by atoms with E-state index in [0.29, 0.717) is 40.5 Å². The number of nitrogens with zero attached hydrogens (tertiary/aromatic N) is 4. The molecule has 0 spiro atoms. The van der Waals surface area contributed by atoms with E-state index in [2.05, 4.69) is 37.4 Å². The zero-order valence-electron chi connectivity index (χ0n) is 21.7. The number of aliphatic hydroxyl groups excluding tert-OH is 2. The smallest absolute Gasteiger partial charge is 0.335 e. The summed E-state index contributed by atoms with van der Waals surface area (Å²) in [7, 11) is 1.51. The van der Waals surface area contributed by atoms with Gasteiger partial charge in [0.1, 0.15) is 6.10 Å². The summed E-state index contributed by atoms with van der Waals surface area (Å²) < 4.78 is 1.67. The fraction of sp³-hybridized carbons (Fsp3) is 0.276. The van der Waals surface area contributed by atoms with E-state index in [4.69, 9.17) is 11.6 Å². The van der Waals surface area contributed by atoms with Crippen LogP contribution in [-0.2, 0) is 11.3 Å². The molecular formula is C29H25ClN6O5. The van der Waals surface area contributed by atoms with E-state index in [-0.39, 0.29) is 23.2 Å². The maximum atomic E-state index is 12.6. The van der Waals surface area contributed by atoms with Crippen LogP contribution in [0.2, 0.25) is 5.02 Å². The largest absolute Gasteiger partial charge is 0.478 e. The first kappa shape index (κ1) is 26.7. The highest BCUT2D eigenvalue weighted by Crippen LogP contribution is 2.67. The quantitative estimate of drug-likeness (QED) is 0.218. The second kappa shape index (κ2) is 10.2. The summed E-state index contributed by atoms with van der Waals surface area (Å²) in [4.78, 5) is 37.7. The van der Waals surface area contributed by atoms with Crippen molar-refractivity contribution in [3.8, 4) is 11.8 Å². The molecule has 2 aliphatic carbocycles. The third-order valence-electron chi connectivity index (χ3n) is 7.84. The minimum Gasteiger partial charge on any atom is -0.478 e. The fourth-order valence-corrected chi connectivity index (χ4v) is 6.00. The summed E-state index contributed by atoms with van der Waals surface area (Å²) in [5.74, 6) is 4.66. The van der Waals surface area contributed by atoms with Crippen molar-refractivity contribution < 1.29 is 24.9 Å². The first-order valence-corrected chi connectivity index (χ1v) is 13.3. The van der Waals surface area contributed by atoms with Gasteiger partial charge in [-0.05, 0) is 48.2 Å². The number of carboxylic acid groups (broad SMARTS) is 1. The summed E-state index contributed by atoms with van der Waals surface area (Å²) in [6.45, 7) is 0.375. The number of benzene rings is 2. The summed E-state index contributed by atoms with van der Waals surface area (Å²) >= 11 is 6.14. The van der Waals surface area contributed by atoms with Crippen LogP contribution < -0.4 is 10.6 Å². The van der Waals surface area contributed by atoms with Crippen LogP contribution in [0.1, 0.15) is 39.8 Å². The Morgan fingerprint density at radius 3 is 2.71 bits per heavy atom. The number of anilines is 1. The highest BCUT2D eigenvalue weighted by atomic mass is 35.5. The zero-order chi connectivity index (χ0) is 28.9. The number of aromatic carboxylic acids is 1. The van der Waals surface area contributed by atoms with Gasteiger partial charge in [0.05, 0.1) is 29.5 Å². The van der Waals surface area contributed by atoms with Crippen molar-refractivity contribution in [2.45, 2.75) is 31.2 Å². The van der Waals surface area contributed by atoms with Crippen LogP contribution in [0.25, 0.3) is 11.2 Å². The maximum Gasteiger partial charge on any atom is 0.335 e. The third-order valence-corrected chi connectivity index (χ3v) is 8.08. The molecule has 4 aromatic rings. The van der Waals surface area contributed by atoms with Gasteiger partial charge in [-0.1, -0.05) is 35.7 Å². The Morgan fingerprint density at radius 2 is 1.95 bits per heavy atom. The lowest BCUT2D eigenvalue weighted by molar-refractivity contribution is -0.132. The molecule has 0 bridgehead atoms. The van der Waals surface area contributed by atoms with E-state index in [1.807, 2.05) is 18.2 Å². The number of imidazole rings is 1. The molecule has 0 aliphatic heterocycles. The molecule has 2 heterocycles. The maximum absolute atomic E-state index is 12.6. The molecule has 11 nitrogen and oxygen atoms in total. The van der Waals surface area contributed by atoms with Gasteiger partial charge in [-0.25, -0.2) is 19.7 Å². The number of fused-ring (bicyclic) bond motifs is 2. The van der Waals surface area contributed by atoms with E-state index in [0.717, 1.165) is 5.56 Å². The van der Waals surface area contributed by atoms with Gasteiger partial charge in [0.15, 0.2) is 17.0 Å². The number of carbonyl (C=O) groups excluding carboxylic acids is 1. The fourth-order valence-electron chi connectivity index (χ4n) is 5.79. The van der Waals surface area contributed by atoms with Crippen LogP contribution in [0.3, 0.4) is 0 Å². The molecule has 2 saturated carbocycles. The molecule has 0 radical (unpaired) electrons. The number of nitrogens with one attached hydrogen (secondary N) is 2. The monoisotopic (exact) mass is 572 g/mol. The van der Waals surface area contributed by atoms with Gasteiger partial charge in [0.25, 0.3) is 0 Å². The summed E-state index contributed by atoms with van der Waals surface area (Å²) in [6, 6.07) is 12.9. The van der Waals surface area contributed by atoms with E-state index in [9.17, 15) is 24.9 Å². The van der Waals surface area contributed by atoms with Crippen molar-refractivity contribution in [2.75, 3.05) is 12.4 Å². The van der Waals surface area contributed by atoms with Crippen molar-refractivity contribution >= 4 is 40.5 Å². The molecule has 41 heavy (non-hydrogen) atoms. The normalized spacial score (nSPS) is 24.3. The molecular weight excluding hydrogens is 548 g/mol. The number of aliphatic hydroxyl groups is 2. The number of hydrogen-bond acceptors (Lipinski definition) is 8. The lowest BCUT2D eigenvalue weighted by Gasteiger charge is -2.23. The molecule has 2 unspecified atom stereocenters. The number of hydrogen-bond donors (Lipinski definition) is 5. The van der Waals surface area contributed by atoms with Crippen LogP contribution in [0.15, 0.2) is 54.9 Å². The average Bonchev–Trinajstić information content (AvgIpc) is 3.51. The highest BCUT2D eigenvalue weighted by Gasteiger charge is 2.75. The van der Waals surface area contributed by atoms with Crippen molar-refractivity contribution in [2.24, 2.45) is 11.3 Å². The topological polar surface area (TPSA) is 162 Å². The molecule has 5 atom stereocenters. The number of rotatable bonds is 6. The van der Waals surface area contributed by atoms with E-state index >= 15 is 0 Å². The second-order valence-corrected chi connectivity index (χ2v) is 10.6. The van der Waals surface area contributed by atoms with Gasteiger partial charge < -0.3 is 30.5 Å². The summed E-state index contributed by atoms with van der Waals surface area (Å²) in [6.07, 6.45) is -0.504. The van der Waals surface area contributed by atoms with Gasteiger partial charge in [0.2, 0.25) is 11.7 Å². The number of amides is 1. The molecule has 2 aromatic heterocycles. The molecule has 0 saturated heterocycles. The molecule has 6 rings (SSSR count). The minimum atomic E-state index is -1.24. The average molecular weight is 573 g/mol. The zero-order valence-corrected chi connectivity index (χ0v) is 22.5. The van der Waals surface area contributed by atoms with E-state index in [1.165, 1.54) is 25.5 Å². The Balaban J connectivity index is 1.42. The Morgan fingerprint density at radius 1 is 1.15 bits per heavy atom. The Hall–Kier alpha value is -4.50. The molecule has 1 amide bonds. The van der Waals surface area contributed by atoms with Gasteiger partial charge in [-0.3, -0.25) is 4.79 Å². The third kappa shape index (κ3) is 4.56. The van der Waals surface area contributed by atoms with Crippen LogP contribution in [0, 0.1) is 23.2 Å². The van der Waals surface area contributed by atoms with Crippen molar-refractivity contribution in [3.63, 3.8) is 0 Å². The summed E-state index contributed by atoms with van der Waals surface area (Å²) in [5, 5.41) is 37.6. The van der Waals surface area contributed by atoms with Gasteiger partial charge >= 0.3 is 5.97 Å². The molecule has 208 valence electrons. The van der Waals surface area contributed by atoms with E-state index < -0.39 is 29.6 Å². The lowest BCUT2D eigenvalue weighted by atomic mass is 9.98. The van der Waals surface area contributed by atoms with E-state index in [1.54, 1.807) is 22.8 Å². The number of aromatic nitrogens is 4. The SMILES string of the molecule is CNC(=O)[C@]12CC1[C@@H](n1cnc3c(NCc4cccc(Cl)c4)nc(C#Cc4cccc(C(=O)O)c4)nc31)C(O)[C@@H]2O. The van der Waals surface area contributed by atoms with Crippen LogP contribution in [0.4, 0.5) is 5.82 Å². The predicted octanol–water partition coefficient (Wildman–Crippen LogP) is 2.22. The van der Waals surface area contributed by atoms with Crippen molar-refractivity contribution in [3.05, 3.63) is 82.4 Å². The first-order valence-electron chi connectivity index (χ1n) is 12.9. The standard InChI is InChI=1S/C29H25ClN6O5/c1-31-28(41)29-12-19(29)22(23(37)24(29)38)36-14-33-21-25(32-13-16-5-3-7-18(30)11-16)34-20(35-26(21)36)9-8-15-4-2-6-17(10-15)27(39)40/h2-7,10-11,14,19,22-24,37-38H,12-13H2,1H3,(H,31,41)(H,39,40)(H,32,34,35)/t19?,22-,23?,24+,29-/m1/s1. The minimum absolute atomic E-state index is 0.105. The Bertz CT molecular complexity index is 1760. The summed E-state index contributed by atoms with van der Waals surface area (Å²) in [5.41, 5.74) is 1.21. The second-order valence-electron chi connectivity index (χ2n) is 10.2. The Kier molecular flexibility index (Phi) is 6.62. The number of halogens is 1. The molecule has 2 fully saturated rings. The van der Waals surface area contributed by atoms with Gasteiger partial charge in [-0.15, -0.1) is 0 Å². The van der Waals surface area contributed by atoms with Crippen molar-refractivity contribution in [1.29, 1.82) is 0 Å². The predicted molar refractivity (Wildman–Crippen MR) is 149 cm³/mol. The number of carboxylic acids is 1. The van der Waals surface area contributed by atoms with Crippen LogP contribution in [-0.4, -0.2) is 66.0 Å². The molecule has 5 N–H and O–H groups in total. The number of carbonyl (C=O) groups is 2. The van der Waals surface area contributed by atoms with Crippen LogP contribution >= 0.6 is 11.6 Å². The van der Waals surface area contributed by atoms with Gasteiger partial charge in [-0.2, -0.15) is 0 Å². The molecule has 2 aliphatic rings. The lowest BCUT2D eigenvalue weighted by Crippen LogP contribution is -2.41. The first-order chi connectivity index (χ1) is 19.7. The highest BCUT2D eigenvalue weighted by molar-refractivity contribution is 6.30.